The van der Waals surface area contributed by atoms with E-state index in [0.717, 1.165) is 12.2 Å². The fourth-order valence-electron chi connectivity index (χ4n) is 2.10. The van der Waals surface area contributed by atoms with Gasteiger partial charge in [-0.3, -0.25) is 9.48 Å². The van der Waals surface area contributed by atoms with Crippen LogP contribution in [0.4, 0.5) is 0 Å². The largest absolute Gasteiger partial charge is 0.373 e. The minimum absolute atomic E-state index is 0.0815. The molecular formula is C16H26N4O2. The van der Waals surface area contributed by atoms with Crippen molar-refractivity contribution in [1.82, 2.24) is 20.0 Å². The van der Waals surface area contributed by atoms with Crippen molar-refractivity contribution < 1.29 is 9.53 Å². The average molecular weight is 306 g/mol. The Hall–Kier alpha value is -1.66. The molecule has 6 heteroatoms. The van der Waals surface area contributed by atoms with Crippen molar-refractivity contribution in [2.24, 2.45) is 7.05 Å². The quantitative estimate of drug-likeness (QED) is 0.547. The number of amides is 1. The molecule has 1 aromatic rings. The third-order valence-electron chi connectivity index (χ3n) is 3.53. The Balaban J connectivity index is 1.59. The molecule has 0 saturated heterocycles. The Labute approximate surface area is 132 Å². The molecule has 6 nitrogen and oxygen atoms in total. The topological polar surface area (TPSA) is 59.4 Å². The van der Waals surface area contributed by atoms with E-state index in [0.29, 0.717) is 25.7 Å². The zero-order chi connectivity index (χ0) is 15.9. The first-order valence-electron chi connectivity index (χ1n) is 7.76. The first kappa shape index (κ1) is 16.7. The summed E-state index contributed by atoms with van der Waals surface area (Å²) in [6.07, 6.45) is 5.91. The molecule has 0 bridgehead atoms. The molecule has 22 heavy (non-hydrogen) atoms. The third kappa shape index (κ3) is 5.61. The summed E-state index contributed by atoms with van der Waals surface area (Å²) in [6.45, 7) is 2.30. The first-order chi connectivity index (χ1) is 10.6. The van der Waals surface area contributed by atoms with Crippen LogP contribution in [0.1, 0.15) is 30.1 Å². The zero-order valence-electron chi connectivity index (χ0n) is 13.7. The van der Waals surface area contributed by atoms with Gasteiger partial charge in [0.2, 0.25) is 5.91 Å². The van der Waals surface area contributed by atoms with E-state index >= 15 is 0 Å². The van der Waals surface area contributed by atoms with Crippen LogP contribution in [0.25, 0.3) is 0 Å². The second-order valence-corrected chi connectivity index (χ2v) is 5.97. The highest BCUT2D eigenvalue weighted by molar-refractivity contribution is 5.87. The predicted molar refractivity (Wildman–Crippen MR) is 85.5 cm³/mol. The SMILES string of the molecule is CN(C)C/C=C/C(=O)NCCOCc1cc(C2CC2)nn1C. The van der Waals surface area contributed by atoms with Gasteiger partial charge < -0.3 is 15.0 Å². The molecule has 1 saturated carbocycles. The fourth-order valence-corrected chi connectivity index (χ4v) is 2.10. The molecule has 2 rings (SSSR count). The van der Waals surface area contributed by atoms with Gasteiger partial charge in [-0.15, -0.1) is 0 Å². The Morgan fingerprint density at radius 3 is 3.00 bits per heavy atom. The van der Waals surface area contributed by atoms with Gasteiger partial charge in [0, 0.05) is 32.1 Å². The lowest BCUT2D eigenvalue weighted by Gasteiger charge is -2.06. The molecule has 0 spiro atoms. The van der Waals surface area contributed by atoms with Crippen LogP contribution < -0.4 is 5.32 Å². The van der Waals surface area contributed by atoms with Crippen LogP contribution in [0, 0.1) is 0 Å². The number of hydrogen-bond donors (Lipinski definition) is 1. The normalized spacial score (nSPS) is 14.9. The number of nitrogens with one attached hydrogen (secondary N) is 1. The molecule has 0 aliphatic heterocycles. The number of nitrogens with zero attached hydrogens (tertiary/aromatic N) is 3. The van der Waals surface area contributed by atoms with Crippen LogP contribution in [-0.4, -0.2) is 54.4 Å². The fraction of sp³-hybridized carbons (Fsp3) is 0.625. The number of aryl methyl sites for hydroxylation is 1. The van der Waals surface area contributed by atoms with E-state index in [-0.39, 0.29) is 5.91 Å². The standard InChI is InChI=1S/C16H26N4O2/c1-19(2)9-4-5-16(21)17-8-10-22-12-14-11-15(13-6-7-13)18-20(14)3/h4-5,11,13H,6-10,12H2,1-3H3,(H,17,21)/b5-4+. The van der Waals surface area contributed by atoms with Crippen LogP contribution in [0.5, 0.6) is 0 Å². The van der Waals surface area contributed by atoms with Crippen molar-refractivity contribution >= 4 is 5.91 Å². The molecule has 0 atom stereocenters. The van der Waals surface area contributed by atoms with E-state index in [1.54, 1.807) is 6.08 Å². The summed E-state index contributed by atoms with van der Waals surface area (Å²) in [5, 5.41) is 7.30. The summed E-state index contributed by atoms with van der Waals surface area (Å²) in [5.74, 6) is 0.579. The van der Waals surface area contributed by atoms with Gasteiger partial charge in [0.1, 0.15) is 0 Å². The number of likely N-dealkylation sites (N-methyl/N-ethyl adjacent to an activating group) is 1. The van der Waals surface area contributed by atoms with Gasteiger partial charge >= 0.3 is 0 Å². The van der Waals surface area contributed by atoms with Crippen LogP contribution in [0.2, 0.25) is 0 Å². The monoisotopic (exact) mass is 306 g/mol. The second-order valence-electron chi connectivity index (χ2n) is 5.97. The Morgan fingerprint density at radius 1 is 1.55 bits per heavy atom. The molecule has 1 fully saturated rings. The molecule has 0 radical (unpaired) electrons. The summed E-state index contributed by atoms with van der Waals surface area (Å²) < 4.78 is 7.48. The maximum atomic E-state index is 11.5. The van der Waals surface area contributed by atoms with Gasteiger partial charge in [-0.05, 0) is 33.0 Å². The lowest BCUT2D eigenvalue weighted by Crippen LogP contribution is -2.25. The van der Waals surface area contributed by atoms with Crippen molar-refractivity contribution in [2.45, 2.75) is 25.4 Å². The van der Waals surface area contributed by atoms with E-state index < -0.39 is 0 Å². The predicted octanol–water partition coefficient (Wildman–Crippen LogP) is 1.05. The van der Waals surface area contributed by atoms with E-state index in [1.165, 1.54) is 18.5 Å². The zero-order valence-corrected chi connectivity index (χ0v) is 13.7. The van der Waals surface area contributed by atoms with Crippen molar-refractivity contribution in [3.8, 4) is 0 Å². The van der Waals surface area contributed by atoms with E-state index in [4.69, 9.17) is 4.74 Å². The Morgan fingerprint density at radius 2 is 2.32 bits per heavy atom. The number of rotatable bonds is 9. The molecule has 0 unspecified atom stereocenters. The lowest BCUT2D eigenvalue weighted by molar-refractivity contribution is -0.116. The summed E-state index contributed by atoms with van der Waals surface area (Å²) in [7, 11) is 5.87. The van der Waals surface area contributed by atoms with Gasteiger partial charge in [-0.1, -0.05) is 6.08 Å². The van der Waals surface area contributed by atoms with Gasteiger partial charge in [0.15, 0.2) is 0 Å². The van der Waals surface area contributed by atoms with Crippen molar-refractivity contribution in [3.63, 3.8) is 0 Å². The molecule has 1 amide bonds. The minimum Gasteiger partial charge on any atom is -0.373 e. The van der Waals surface area contributed by atoms with Gasteiger partial charge in [0.05, 0.1) is 24.6 Å². The molecule has 1 aromatic heterocycles. The number of carbonyl (C=O) groups is 1. The van der Waals surface area contributed by atoms with Crippen molar-refractivity contribution in [1.29, 1.82) is 0 Å². The van der Waals surface area contributed by atoms with Crippen LogP contribution in [0.15, 0.2) is 18.2 Å². The van der Waals surface area contributed by atoms with Crippen LogP contribution >= 0.6 is 0 Å². The summed E-state index contributed by atoms with van der Waals surface area (Å²) in [4.78, 5) is 13.5. The van der Waals surface area contributed by atoms with Crippen LogP contribution in [0.3, 0.4) is 0 Å². The van der Waals surface area contributed by atoms with Gasteiger partial charge in [-0.25, -0.2) is 0 Å². The molecule has 0 aromatic carbocycles. The van der Waals surface area contributed by atoms with E-state index in [1.807, 2.05) is 36.8 Å². The number of ether oxygens (including phenoxy) is 1. The number of hydrogen-bond acceptors (Lipinski definition) is 4. The summed E-state index contributed by atoms with van der Waals surface area (Å²) in [5.41, 5.74) is 2.26. The lowest BCUT2D eigenvalue weighted by atomic mass is 10.3. The maximum absolute atomic E-state index is 11.5. The first-order valence-corrected chi connectivity index (χ1v) is 7.76. The third-order valence-corrected chi connectivity index (χ3v) is 3.53. The maximum Gasteiger partial charge on any atom is 0.243 e. The summed E-state index contributed by atoms with van der Waals surface area (Å²) in [6, 6.07) is 2.13. The van der Waals surface area contributed by atoms with Crippen molar-refractivity contribution in [2.75, 3.05) is 33.8 Å². The van der Waals surface area contributed by atoms with E-state index in [9.17, 15) is 4.79 Å². The van der Waals surface area contributed by atoms with E-state index in [2.05, 4.69) is 16.5 Å². The molecule has 1 N–H and O–H groups in total. The molecule has 1 aliphatic carbocycles. The highest BCUT2D eigenvalue weighted by Gasteiger charge is 2.26. The molecular weight excluding hydrogens is 280 g/mol. The highest BCUT2D eigenvalue weighted by atomic mass is 16.5. The smallest absolute Gasteiger partial charge is 0.243 e. The highest BCUT2D eigenvalue weighted by Crippen LogP contribution is 2.39. The number of aromatic nitrogens is 2. The van der Waals surface area contributed by atoms with Crippen LogP contribution in [-0.2, 0) is 23.2 Å². The molecule has 122 valence electrons. The van der Waals surface area contributed by atoms with Gasteiger partial charge in [0.25, 0.3) is 0 Å². The second kappa shape index (κ2) is 8.10. The number of carbonyl (C=O) groups excluding carboxylic acids is 1. The Bertz CT molecular complexity index is 518. The minimum atomic E-state index is -0.0815. The average Bonchev–Trinajstić information content (AvgIpc) is 3.23. The molecule has 1 aliphatic rings. The van der Waals surface area contributed by atoms with Gasteiger partial charge in [-0.2, -0.15) is 5.10 Å². The van der Waals surface area contributed by atoms with Crippen molar-refractivity contribution in [3.05, 3.63) is 29.6 Å². The molecule has 1 heterocycles. The Kier molecular flexibility index (Phi) is 6.15. The summed E-state index contributed by atoms with van der Waals surface area (Å²) >= 11 is 0.